The summed E-state index contributed by atoms with van der Waals surface area (Å²) in [5, 5.41) is 3.69. The SMILES string of the molecule is Cn1/c(=N\N)sc2ccccc21. The highest BCUT2D eigenvalue weighted by molar-refractivity contribution is 7.16. The number of aryl methyl sites for hydroxylation is 1. The fourth-order valence-corrected chi connectivity index (χ4v) is 2.14. The van der Waals surface area contributed by atoms with E-state index in [-0.39, 0.29) is 0 Å². The summed E-state index contributed by atoms with van der Waals surface area (Å²) in [7, 11) is 1.96. The van der Waals surface area contributed by atoms with Crippen molar-refractivity contribution in [2.75, 3.05) is 0 Å². The smallest absolute Gasteiger partial charge is 0.208 e. The number of hydrogen-bond acceptors (Lipinski definition) is 3. The lowest BCUT2D eigenvalue weighted by molar-refractivity contribution is 0.888. The van der Waals surface area contributed by atoms with Crippen LogP contribution in [0.2, 0.25) is 0 Å². The van der Waals surface area contributed by atoms with Crippen LogP contribution < -0.4 is 10.6 Å². The number of benzene rings is 1. The van der Waals surface area contributed by atoms with E-state index in [1.165, 1.54) is 10.2 Å². The maximum Gasteiger partial charge on any atom is 0.208 e. The number of fused-ring (bicyclic) bond motifs is 1. The first-order valence-corrected chi connectivity index (χ1v) is 4.43. The average molecular weight is 179 g/mol. The van der Waals surface area contributed by atoms with Gasteiger partial charge in [-0.15, -0.1) is 0 Å². The quantitative estimate of drug-likeness (QED) is 0.476. The van der Waals surface area contributed by atoms with Gasteiger partial charge in [0.25, 0.3) is 0 Å². The summed E-state index contributed by atoms with van der Waals surface area (Å²) in [4.78, 5) is 0.844. The largest absolute Gasteiger partial charge is 0.320 e. The van der Waals surface area contributed by atoms with Crippen molar-refractivity contribution in [2.24, 2.45) is 18.0 Å². The highest BCUT2D eigenvalue weighted by atomic mass is 32.1. The van der Waals surface area contributed by atoms with Gasteiger partial charge in [0.1, 0.15) is 0 Å². The molecule has 0 aliphatic carbocycles. The first kappa shape index (κ1) is 7.36. The monoisotopic (exact) mass is 179 g/mol. The van der Waals surface area contributed by atoms with Gasteiger partial charge in [0.15, 0.2) is 0 Å². The Labute approximate surface area is 73.8 Å². The van der Waals surface area contributed by atoms with E-state index in [9.17, 15) is 0 Å². The maximum atomic E-state index is 5.23. The lowest BCUT2D eigenvalue weighted by Crippen LogP contribution is -2.11. The number of thiazole rings is 1. The molecule has 0 saturated heterocycles. The third-order valence-corrected chi connectivity index (χ3v) is 2.95. The standard InChI is InChI=1S/C8H9N3S/c1-11-6-4-2-3-5-7(6)12-8(11)10-9/h2-5H,9H2,1H3/b10-8+. The molecule has 12 heavy (non-hydrogen) atoms. The molecule has 0 saturated carbocycles. The molecule has 2 aromatic rings. The zero-order chi connectivity index (χ0) is 8.55. The van der Waals surface area contributed by atoms with Crippen molar-refractivity contribution < 1.29 is 0 Å². The summed E-state index contributed by atoms with van der Waals surface area (Å²) < 4.78 is 3.20. The van der Waals surface area contributed by atoms with E-state index < -0.39 is 0 Å². The Kier molecular flexibility index (Phi) is 1.62. The molecule has 1 aromatic heterocycles. The van der Waals surface area contributed by atoms with Crippen LogP contribution in [0.4, 0.5) is 0 Å². The van der Waals surface area contributed by atoms with Gasteiger partial charge >= 0.3 is 0 Å². The van der Waals surface area contributed by atoms with Crippen molar-refractivity contribution >= 4 is 21.6 Å². The second-order valence-corrected chi connectivity index (χ2v) is 3.55. The number of para-hydroxylation sites is 1. The van der Waals surface area contributed by atoms with Crippen LogP contribution in [-0.4, -0.2) is 4.57 Å². The minimum Gasteiger partial charge on any atom is -0.320 e. The van der Waals surface area contributed by atoms with Gasteiger partial charge in [-0.25, -0.2) is 0 Å². The molecule has 4 heteroatoms. The van der Waals surface area contributed by atoms with Crippen molar-refractivity contribution in [1.29, 1.82) is 0 Å². The second kappa shape index (κ2) is 2.64. The molecule has 1 aromatic carbocycles. The van der Waals surface area contributed by atoms with Crippen LogP contribution in [0.25, 0.3) is 10.2 Å². The van der Waals surface area contributed by atoms with Crippen molar-refractivity contribution in [3.63, 3.8) is 0 Å². The Morgan fingerprint density at radius 1 is 1.42 bits per heavy atom. The van der Waals surface area contributed by atoms with Crippen LogP contribution in [0.3, 0.4) is 0 Å². The molecule has 62 valence electrons. The molecule has 2 N–H and O–H groups in total. The van der Waals surface area contributed by atoms with Crippen molar-refractivity contribution in [1.82, 2.24) is 4.57 Å². The van der Waals surface area contributed by atoms with Crippen LogP contribution in [-0.2, 0) is 7.05 Å². The Balaban J connectivity index is 2.98. The lowest BCUT2D eigenvalue weighted by Gasteiger charge is -1.91. The van der Waals surface area contributed by atoms with Gasteiger partial charge < -0.3 is 10.4 Å². The first-order valence-electron chi connectivity index (χ1n) is 3.61. The predicted octanol–water partition coefficient (Wildman–Crippen LogP) is 1.01. The summed E-state index contributed by atoms with van der Waals surface area (Å²) in [5.74, 6) is 5.23. The number of hydrogen-bond donors (Lipinski definition) is 1. The van der Waals surface area contributed by atoms with E-state index in [2.05, 4.69) is 17.2 Å². The van der Waals surface area contributed by atoms with E-state index in [1.54, 1.807) is 11.3 Å². The molecular weight excluding hydrogens is 170 g/mol. The molecule has 0 radical (unpaired) electrons. The highest BCUT2D eigenvalue weighted by Gasteiger charge is 1.99. The van der Waals surface area contributed by atoms with Crippen LogP contribution in [0, 0.1) is 0 Å². The number of rotatable bonds is 0. The second-order valence-electron chi connectivity index (χ2n) is 2.54. The third kappa shape index (κ3) is 0.921. The number of nitrogens with zero attached hydrogens (tertiary/aromatic N) is 2. The van der Waals surface area contributed by atoms with E-state index >= 15 is 0 Å². The van der Waals surface area contributed by atoms with Gasteiger partial charge in [-0.1, -0.05) is 23.5 Å². The van der Waals surface area contributed by atoms with Crippen LogP contribution in [0.1, 0.15) is 0 Å². The van der Waals surface area contributed by atoms with Gasteiger partial charge in [-0.2, -0.15) is 5.10 Å². The summed E-state index contributed by atoms with van der Waals surface area (Å²) >= 11 is 1.60. The first-order chi connectivity index (χ1) is 5.83. The molecule has 0 fully saturated rings. The van der Waals surface area contributed by atoms with Gasteiger partial charge in [0.2, 0.25) is 4.80 Å². The van der Waals surface area contributed by atoms with Gasteiger partial charge in [-0.05, 0) is 12.1 Å². The molecule has 0 aliphatic rings. The highest BCUT2D eigenvalue weighted by Crippen LogP contribution is 2.14. The predicted molar refractivity (Wildman–Crippen MR) is 50.5 cm³/mol. The van der Waals surface area contributed by atoms with Crippen LogP contribution in [0.5, 0.6) is 0 Å². The molecule has 3 nitrogen and oxygen atoms in total. The van der Waals surface area contributed by atoms with Gasteiger partial charge in [0, 0.05) is 7.05 Å². The molecular formula is C8H9N3S. The van der Waals surface area contributed by atoms with Crippen LogP contribution in [0.15, 0.2) is 29.4 Å². The minimum absolute atomic E-state index is 0.844. The van der Waals surface area contributed by atoms with Crippen molar-refractivity contribution in [3.8, 4) is 0 Å². The molecule has 0 atom stereocenters. The fraction of sp³-hybridized carbons (Fsp3) is 0.125. The van der Waals surface area contributed by atoms with Gasteiger partial charge in [-0.3, -0.25) is 0 Å². The zero-order valence-electron chi connectivity index (χ0n) is 6.69. The summed E-state index contributed by atoms with van der Waals surface area (Å²) in [5.41, 5.74) is 1.17. The molecule has 1 heterocycles. The number of nitrogens with two attached hydrogens (primary N) is 1. The molecule has 0 bridgehead atoms. The summed E-state index contributed by atoms with van der Waals surface area (Å²) in [6, 6.07) is 8.14. The minimum atomic E-state index is 0.844. The molecule has 0 aliphatic heterocycles. The number of aromatic nitrogens is 1. The summed E-state index contributed by atoms with van der Waals surface area (Å²) in [6.45, 7) is 0. The van der Waals surface area contributed by atoms with E-state index in [0.717, 1.165) is 4.80 Å². The Hall–Kier alpha value is -1.29. The van der Waals surface area contributed by atoms with Crippen molar-refractivity contribution in [3.05, 3.63) is 29.1 Å². The molecule has 0 amide bonds. The fourth-order valence-electron chi connectivity index (χ4n) is 1.20. The van der Waals surface area contributed by atoms with Crippen LogP contribution >= 0.6 is 11.3 Å². The maximum absolute atomic E-state index is 5.23. The summed E-state index contributed by atoms with van der Waals surface area (Å²) in [6.07, 6.45) is 0. The molecule has 0 spiro atoms. The van der Waals surface area contributed by atoms with Gasteiger partial charge in [0.05, 0.1) is 10.2 Å². The average Bonchev–Trinajstić information content (AvgIpc) is 2.44. The zero-order valence-corrected chi connectivity index (χ0v) is 7.51. The topological polar surface area (TPSA) is 43.3 Å². The molecule has 2 rings (SSSR count). The molecule has 0 unspecified atom stereocenters. The Morgan fingerprint density at radius 2 is 2.17 bits per heavy atom. The van der Waals surface area contributed by atoms with Crippen molar-refractivity contribution in [2.45, 2.75) is 0 Å². The van der Waals surface area contributed by atoms with E-state index in [4.69, 9.17) is 5.84 Å². The Morgan fingerprint density at radius 3 is 2.83 bits per heavy atom. The lowest BCUT2D eigenvalue weighted by atomic mass is 10.3. The van der Waals surface area contributed by atoms with E-state index in [1.807, 2.05) is 23.7 Å². The normalized spacial score (nSPS) is 12.6. The van der Waals surface area contributed by atoms with E-state index in [0.29, 0.717) is 0 Å². The third-order valence-electron chi connectivity index (χ3n) is 1.83. The Bertz CT molecular complexity index is 466.